The van der Waals surface area contributed by atoms with Crippen molar-refractivity contribution in [1.82, 2.24) is 0 Å². The summed E-state index contributed by atoms with van der Waals surface area (Å²) >= 11 is 0. The number of carbonyl (C=O) groups excluding carboxylic acids is 2. The van der Waals surface area contributed by atoms with E-state index in [0.29, 0.717) is 17.9 Å². The van der Waals surface area contributed by atoms with Crippen molar-refractivity contribution in [3.63, 3.8) is 0 Å². The highest BCUT2D eigenvalue weighted by atomic mass is 16.5. The molecule has 0 spiro atoms. The number of quaternary nitrogens is 1. The summed E-state index contributed by atoms with van der Waals surface area (Å²) in [5.74, 6) is -0.388. The smallest absolute Gasteiger partial charge is 0.340 e. The normalized spacial score (nSPS) is 17.1. The first kappa shape index (κ1) is 19.4. The number of hydrogen-bond donors (Lipinski definition) is 1. The highest BCUT2D eigenvalue weighted by molar-refractivity contribution is 6.03. The molecule has 138 valence electrons. The van der Waals surface area contributed by atoms with Crippen molar-refractivity contribution in [2.45, 2.75) is 53.0 Å². The number of para-hydroxylation sites is 1. The van der Waals surface area contributed by atoms with E-state index in [1.54, 1.807) is 13.0 Å². The Morgan fingerprint density at radius 3 is 2.44 bits per heavy atom. The van der Waals surface area contributed by atoms with E-state index in [2.05, 4.69) is 19.2 Å². The average molecular weight is 347 g/mol. The molecule has 1 aromatic carbocycles. The largest absolute Gasteiger partial charge is 0.462 e. The molecular formula is C20H31N2O3+. The van der Waals surface area contributed by atoms with E-state index in [-0.39, 0.29) is 11.9 Å². The third kappa shape index (κ3) is 4.03. The summed E-state index contributed by atoms with van der Waals surface area (Å²) in [6.45, 7) is 11.3. The van der Waals surface area contributed by atoms with Gasteiger partial charge in [-0.25, -0.2) is 4.79 Å². The van der Waals surface area contributed by atoms with Crippen LogP contribution in [-0.4, -0.2) is 48.6 Å². The molecule has 1 aliphatic rings. The van der Waals surface area contributed by atoms with Crippen LogP contribution in [0.25, 0.3) is 0 Å². The monoisotopic (exact) mass is 347 g/mol. The molecule has 1 amide bonds. The Bertz CT molecular complexity index is 621. The van der Waals surface area contributed by atoms with Crippen molar-refractivity contribution in [3.8, 4) is 0 Å². The SMILES string of the molecule is CCOC(=O)c1cccc(C)c1NC(=O)C(CC)[N+]1(CC)CCCC1. The first-order valence-electron chi connectivity index (χ1n) is 9.42. The molecule has 1 fully saturated rings. The van der Waals surface area contributed by atoms with Gasteiger partial charge in [-0.15, -0.1) is 0 Å². The minimum absolute atomic E-state index is 0.00565. The number of nitrogens with one attached hydrogen (secondary N) is 1. The fourth-order valence-electron chi connectivity index (χ4n) is 4.05. The molecule has 1 saturated heterocycles. The van der Waals surface area contributed by atoms with Crippen LogP contribution in [0.1, 0.15) is 56.0 Å². The fraction of sp³-hybridized carbons (Fsp3) is 0.600. The molecule has 0 aliphatic carbocycles. The quantitative estimate of drug-likeness (QED) is 0.606. The number of likely N-dealkylation sites (N-methyl/N-ethyl adjacent to an activating group) is 1. The van der Waals surface area contributed by atoms with E-state index < -0.39 is 5.97 Å². The highest BCUT2D eigenvalue weighted by Gasteiger charge is 2.42. The molecule has 1 aromatic rings. The maximum Gasteiger partial charge on any atom is 0.340 e. The Labute approximate surface area is 150 Å². The van der Waals surface area contributed by atoms with Crippen molar-refractivity contribution in [1.29, 1.82) is 0 Å². The number of amides is 1. The predicted octanol–water partition coefficient (Wildman–Crippen LogP) is 3.52. The van der Waals surface area contributed by atoms with Crippen LogP contribution in [0.2, 0.25) is 0 Å². The molecule has 0 radical (unpaired) electrons. The van der Waals surface area contributed by atoms with Crippen LogP contribution in [0.4, 0.5) is 5.69 Å². The van der Waals surface area contributed by atoms with Crippen LogP contribution >= 0.6 is 0 Å². The van der Waals surface area contributed by atoms with E-state index in [0.717, 1.165) is 36.1 Å². The number of benzene rings is 1. The number of rotatable bonds is 7. The molecule has 1 atom stereocenters. The van der Waals surface area contributed by atoms with Gasteiger partial charge in [0, 0.05) is 19.3 Å². The van der Waals surface area contributed by atoms with E-state index in [4.69, 9.17) is 4.74 Å². The predicted molar refractivity (Wildman–Crippen MR) is 99.6 cm³/mol. The lowest BCUT2D eigenvalue weighted by atomic mass is 10.1. The van der Waals surface area contributed by atoms with E-state index in [1.165, 1.54) is 12.8 Å². The van der Waals surface area contributed by atoms with Gasteiger partial charge in [0.15, 0.2) is 6.04 Å². The van der Waals surface area contributed by atoms with Crippen LogP contribution in [0, 0.1) is 6.92 Å². The Morgan fingerprint density at radius 1 is 1.20 bits per heavy atom. The van der Waals surface area contributed by atoms with Crippen LogP contribution < -0.4 is 5.32 Å². The summed E-state index contributed by atoms with van der Waals surface area (Å²) in [5.41, 5.74) is 1.88. The first-order chi connectivity index (χ1) is 12.0. The molecule has 1 N–H and O–H groups in total. The topological polar surface area (TPSA) is 55.4 Å². The summed E-state index contributed by atoms with van der Waals surface area (Å²) in [5, 5.41) is 3.05. The Balaban J connectivity index is 2.29. The zero-order valence-corrected chi connectivity index (χ0v) is 15.9. The number of anilines is 1. The highest BCUT2D eigenvalue weighted by Crippen LogP contribution is 2.28. The fourth-order valence-corrected chi connectivity index (χ4v) is 4.05. The molecule has 0 aromatic heterocycles. The molecule has 5 nitrogen and oxygen atoms in total. The Kier molecular flexibility index (Phi) is 6.59. The first-order valence-corrected chi connectivity index (χ1v) is 9.42. The zero-order valence-electron chi connectivity index (χ0n) is 15.9. The van der Waals surface area contributed by atoms with Gasteiger partial charge in [0.05, 0.1) is 37.5 Å². The van der Waals surface area contributed by atoms with Crippen molar-refractivity contribution >= 4 is 17.6 Å². The molecule has 25 heavy (non-hydrogen) atoms. The van der Waals surface area contributed by atoms with Crippen LogP contribution in [0.5, 0.6) is 0 Å². The number of nitrogens with zero attached hydrogens (tertiary/aromatic N) is 1. The second-order valence-electron chi connectivity index (χ2n) is 6.82. The van der Waals surface area contributed by atoms with Gasteiger partial charge in [0.2, 0.25) is 0 Å². The van der Waals surface area contributed by atoms with Gasteiger partial charge < -0.3 is 14.5 Å². The summed E-state index contributed by atoms with van der Waals surface area (Å²) in [6.07, 6.45) is 3.15. The number of ether oxygens (including phenoxy) is 1. The maximum atomic E-state index is 13.1. The number of carbonyl (C=O) groups is 2. The van der Waals surface area contributed by atoms with Crippen LogP contribution in [-0.2, 0) is 9.53 Å². The van der Waals surface area contributed by atoms with Crippen LogP contribution in [0.15, 0.2) is 18.2 Å². The lowest BCUT2D eigenvalue weighted by Gasteiger charge is -2.39. The lowest BCUT2D eigenvalue weighted by molar-refractivity contribution is -0.930. The minimum Gasteiger partial charge on any atom is -0.462 e. The summed E-state index contributed by atoms with van der Waals surface area (Å²) in [4.78, 5) is 25.3. The molecule has 0 saturated carbocycles. The molecule has 5 heteroatoms. The third-order valence-electron chi connectivity index (χ3n) is 5.45. The Morgan fingerprint density at radius 2 is 1.88 bits per heavy atom. The number of esters is 1. The van der Waals surface area contributed by atoms with Gasteiger partial charge in [-0.05, 0) is 32.4 Å². The van der Waals surface area contributed by atoms with Gasteiger partial charge in [0.25, 0.3) is 5.91 Å². The van der Waals surface area contributed by atoms with Crippen molar-refractivity contribution < 1.29 is 18.8 Å². The number of likely N-dealkylation sites (tertiary alicyclic amines) is 1. The molecule has 2 rings (SSSR count). The van der Waals surface area contributed by atoms with Gasteiger partial charge in [-0.2, -0.15) is 0 Å². The van der Waals surface area contributed by atoms with E-state index in [9.17, 15) is 9.59 Å². The molecule has 1 heterocycles. The summed E-state index contributed by atoms with van der Waals surface area (Å²) < 4.78 is 5.99. The van der Waals surface area contributed by atoms with Crippen LogP contribution in [0.3, 0.4) is 0 Å². The molecule has 1 unspecified atom stereocenters. The molecule has 1 aliphatic heterocycles. The van der Waals surface area contributed by atoms with Gasteiger partial charge in [-0.1, -0.05) is 19.1 Å². The second kappa shape index (κ2) is 8.48. The zero-order chi connectivity index (χ0) is 18.4. The Hall–Kier alpha value is -1.88. The van der Waals surface area contributed by atoms with Crippen molar-refractivity contribution in [2.75, 3.05) is 31.6 Å². The summed E-state index contributed by atoms with van der Waals surface area (Å²) in [7, 11) is 0. The van der Waals surface area contributed by atoms with Gasteiger partial charge >= 0.3 is 5.97 Å². The van der Waals surface area contributed by atoms with E-state index >= 15 is 0 Å². The molecule has 0 bridgehead atoms. The standard InChI is InChI=1S/C20H30N2O3/c1-5-17(22(6-2)13-8-9-14-22)19(23)21-18-15(4)11-10-12-16(18)20(24)25-7-3/h10-12,17H,5-9,13-14H2,1-4H3/p+1. The van der Waals surface area contributed by atoms with Crippen molar-refractivity contribution in [2.24, 2.45) is 0 Å². The van der Waals surface area contributed by atoms with Gasteiger partial charge in [-0.3, -0.25) is 4.79 Å². The number of aryl methyl sites for hydroxylation is 1. The average Bonchev–Trinajstić information content (AvgIpc) is 3.07. The maximum absolute atomic E-state index is 13.1. The molecular weight excluding hydrogens is 316 g/mol. The summed E-state index contributed by atoms with van der Waals surface area (Å²) in [6, 6.07) is 5.35. The van der Waals surface area contributed by atoms with Gasteiger partial charge in [0.1, 0.15) is 0 Å². The van der Waals surface area contributed by atoms with E-state index in [1.807, 2.05) is 19.1 Å². The van der Waals surface area contributed by atoms with Crippen molar-refractivity contribution in [3.05, 3.63) is 29.3 Å². The third-order valence-corrected chi connectivity index (χ3v) is 5.45. The minimum atomic E-state index is -0.393. The second-order valence-corrected chi connectivity index (χ2v) is 6.82. The lowest BCUT2D eigenvalue weighted by Crippen LogP contribution is -2.57. The number of hydrogen-bond acceptors (Lipinski definition) is 3.